The van der Waals surface area contributed by atoms with Crippen LogP contribution in [0.1, 0.15) is 25.7 Å². The van der Waals surface area contributed by atoms with Crippen molar-refractivity contribution in [1.29, 1.82) is 0 Å². The number of fused-ring (bicyclic) bond motifs is 4. The fourth-order valence-corrected chi connectivity index (χ4v) is 5.51. The molecule has 4 rings (SSSR count). The number of rotatable bonds is 12. The molecule has 4 heterocycles. The van der Waals surface area contributed by atoms with E-state index in [1.807, 2.05) is 0 Å². The van der Waals surface area contributed by atoms with Gasteiger partial charge in [-0.3, -0.25) is 19.3 Å². The van der Waals surface area contributed by atoms with Crippen LogP contribution < -0.4 is 22.4 Å². The van der Waals surface area contributed by atoms with Gasteiger partial charge in [0.1, 0.15) is 12.1 Å². The van der Waals surface area contributed by atoms with Crippen LogP contribution in [0, 0.1) is 0 Å². The summed E-state index contributed by atoms with van der Waals surface area (Å²) in [5.74, 6) is -1.14. The number of amides is 6. The summed E-state index contributed by atoms with van der Waals surface area (Å²) < 4.78 is 35.3. The number of nitrogens with one attached hydrogen (secondary N) is 2. The van der Waals surface area contributed by atoms with Crippen molar-refractivity contribution in [1.82, 2.24) is 30.9 Å². The average Bonchev–Trinajstić information content (AvgIpc) is 3.24. The summed E-state index contributed by atoms with van der Waals surface area (Å²) in [5, 5.41) is 1.25. The lowest BCUT2D eigenvalue weighted by Crippen LogP contribution is -2.50. The number of nitrogens with two attached hydrogens (primary N) is 2. The predicted octanol–water partition coefficient (Wildman–Crippen LogP) is -3.36. The third kappa shape index (κ3) is 5.71. The van der Waals surface area contributed by atoms with Crippen LogP contribution >= 0.6 is 0 Å². The van der Waals surface area contributed by atoms with Crippen LogP contribution in [-0.2, 0) is 38.2 Å². The molecule has 4 aliphatic rings. The van der Waals surface area contributed by atoms with Gasteiger partial charge in [0.2, 0.25) is 0 Å². The minimum Gasteiger partial charge on any atom is -0.328 e. The summed E-state index contributed by atoms with van der Waals surface area (Å²) in [6.07, 6.45) is 1.04. The van der Waals surface area contributed by atoms with Gasteiger partial charge in [-0.25, -0.2) is 20.5 Å². The molecule has 0 aromatic rings. The molecule has 19 heteroatoms. The first-order valence-corrected chi connectivity index (χ1v) is 13.1. The number of carbonyl (C=O) groups excluding carboxylic acids is 4. The zero-order valence-electron chi connectivity index (χ0n) is 19.8. The third-order valence-electron chi connectivity index (χ3n) is 6.38. The molecule has 18 nitrogen and oxygen atoms in total. The highest BCUT2D eigenvalue weighted by molar-refractivity contribution is 7.81. The normalized spacial score (nSPS) is 27.2. The summed E-state index contributed by atoms with van der Waals surface area (Å²) in [6.45, 7) is 0.632. The van der Waals surface area contributed by atoms with Crippen LogP contribution in [0.15, 0.2) is 0 Å². The zero-order chi connectivity index (χ0) is 26.7. The minimum atomic E-state index is -4.92. The fourth-order valence-electron chi connectivity index (χ4n) is 4.71. The Morgan fingerprint density at radius 1 is 0.784 bits per heavy atom. The number of piperidine rings is 2. The zero-order valence-corrected chi connectivity index (χ0v) is 20.6. The molecule has 4 unspecified atom stereocenters. The quantitative estimate of drug-likeness (QED) is 0.138. The Kier molecular flexibility index (Phi) is 8.31. The Bertz CT molecular complexity index is 942. The number of urea groups is 2. The van der Waals surface area contributed by atoms with Gasteiger partial charge in [-0.05, 0) is 25.7 Å². The number of nitrogens with zero attached hydrogens (tertiary/aromatic N) is 4. The molecule has 0 aromatic heterocycles. The van der Waals surface area contributed by atoms with Crippen LogP contribution in [0.4, 0.5) is 9.59 Å². The second-order valence-electron chi connectivity index (χ2n) is 8.78. The molecule has 0 saturated carbocycles. The van der Waals surface area contributed by atoms with Crippen LogP contribution in [0.3, 0.4) is 0 Å². The first-order valence-electron chi connectivity index (χ1n) is 11.7. The minimum absolute atomic E-state index is 0.0470. The van der Waals surface area contributed by atoms with E-state index >= 15 is 0 Å². The molecule has 6 N–H and O–H groups in total. The number of hydroxylamine groups is 6. The van der Waals surface area contributed by atoms with Crippen LogP contribution in [0.5, 0.6) is 0 Å². The molecular formula is C18H30N8O10S. The second-order valence-corrected chi connectivity index (χ2v) is 9.89. The molecule has 0 aliphatic carbocycles. The van der Waals surface area contributed by atoms with Gasteiger partial charge in [-0.1, -0.05) is 0 Å². The van der Waals surface area contributed by atoms with Crippen LogP contribution in [-0.4, -0.2) is 116 Å². The van der Waals surface area contributed by atoms with E-state index in [1.54, 1.807) is 0 Å². The summed E-state index contributed by atoms with van der Waals surface area (Å²) in [4.78, 5) is 62.5. The van der Waals surface area contributed by atoms with E-state index in [4.69, 9.17) is 29.7 Å². The van der Waals surface area contributed by atoms with E-state index in [0.29, 0.717) is 10.1 Å². The van der Waals surface area contributed by atoms with Crippen molar-refractivity contribution < 1.29 is 45.8 Å². The van der Waals surface area contributed by atoms with E-state index < -0.39 is 58.4 Å². The monoisotopic (exact) mass is 550 g/mol. The molecular weight excluding hydrogens is 520 g/mol. The van der Waals surface area contributed by atoms with Crippen LogP contribution in [0.25, 0.3) is 0 Å². The number of hydrogen-bond donors (Lipinski definition) is 4. The van der Waals surface area contributed by atoms with Crippen molar-refractivity contribution in [2.24, 2.45) is 11.5 Å². The fraction of sp³-hybridized carbons (Fsp3) is 0.778. The molecule has 0 radical (unpaired) electrons. The molecule has 4 bridgehead atoms. The summed E-state index contributed by atoms with van der Waals surface area (Å²) in [7, 11) is -4.92. The van der Waals surface area contributed by atoms with Crippen molar-refractivity contribution >= 4 is 34.3 Å². The maximum absolute atomic E-state index is 12.8. The summed E-state index contributed by atoms with van der Waals surface area (Å²) in [5.41, 5.74) is 15.0. The SMILES string of the molecule is NCCONC(=O)C1CCC2CN1C(=O)N2OS(=O)(=O)ON1C(=O)N2CC1CCC2C(=O)NOCCN. The molecule has 0 spiro atoms. The number of hydrogen-bond acceptors (Lipinski definition) is 12. The summed E-state index contributed by atoms with van der Waals surface area (Å²) >= 11 is 0. The molecule has 4 saturated heterocycles. The molecule has 4 aliphatic heterocycles. The van der Waals surface area contributed by atoms with Gasteiger partial charge in [-0.2, -0.15) is 18.5 Å². The van der Waals surface area contributed by atoms with Gasteiger partial charge in [0.15, 0.2) is 0 Å². The van der Waals surface area contributed by atoms with E-state index in [0.717, 1.165) is 0 Å². The molecule has 37 heavy (non-hydrogen) atoms. The Labute approximate surface area is 212 Å². The Hall–Kier alpha value is -2.81. The standard InChI is InChI=1S/C18H30N8O10S/c19-5-7-33-21-15(27)13-3-1-11-9-23(13)17(29)25(11)35-37(31,32)36-26-12-2-4-14(24(10-12)18(26)30)16(28)22-34-8-6-20/h11-14H,1-10,19-20H2,(H,21,27)(H,22,28). The molecule has 208 valence electrons. The molecule has 4 fully saturated rings. The Morgan fingerprint density at radius 3 is 1.57 bits per heavy atom. The van der Waals surface area contributed by atoms with Crippen molar-refractivity contribution in [3.8, 4) is 0 Å². The maximum atomic E-state index is 12.8. The van der Waals surface area contributed by atoms with Crippen molar-refractivity contribution in [3.05, 3.63) is 0 Å². The first-order chi connectivity index (χ1) is 17.7. The average molecular weight is 551 g/mol. The summed E-state index contributed by atoms with van der Waals surface area (Å²) in [6, 6.07) is -4.78. The van der Waals surface area contributed by atoms with Crippen LogP contribution in [0.2, 0.25) is 0 Å². The highest BCUT2D eigenvalue weighted by Gasteiger charge is 2.52. The topological polar surface area (TPSA) is 228 Å². The largest absolute Gasteiger partial charge is 0.442 e. The van der Waals surface area contributed by atoms with Gasteiger partial charge in [0.25, 0.3) is 11.8 Å². The lowest BCUT2D eigenvalue weighted by Gasteiger charge is -2.29. The third-order valence-corrected chi connectivity index (χ3v) is 7.07. The van der Waals surface area contributed by atoms with Gasteiger partial charge in [-0.15, -0.1) is 8.57 Å². The van der Waals surface area contributed by atoms with Gasteiger partial charge in [0.05, 0.1) is 25.3 Å². The first kappa shape index (κ1) is 27.2. The molecule has 0 aromatic carbocycles. The smallest absolute Gasteiger partial charge is 0.328 e. The highest BCUT2D eigenvalue weighted by atomic mass is 32.3. The second kappa shape index (κ2) is 11.3. The number of carbonyl (C=O) groups is 4. The predicted molar refractivity (Wildman–Crippen MR) is 119 cm³/mol. The van der Waals surface area contributed by atoms with E-state index in [2.05, 4.69) is 11.0 Å². The van der Waals surface area contributed by atoms with Crippen molar-refractivity contribution in [2.45, 2.75) is 49.9 Å². The molecule has 4 atom stereocenters. The van der Waals surface area contributed by atoms with E-state index in [1.165, 1.54) is 9.80 Å². The Morgan fingerprint density at radius 2 is 1.19 bits per heavy atom. The van der Waals surface area contributed by atoms with E-state index in [-0.39, 0.29) is 65.1 Å². The van der Waals surface area contributed by atoms with Gasteiger partial charge >= 0.3 is 22.5 Å². The maximum Gasteiger partial charge on any atom is 0.442 e. The van der Waals surface area contributed by atoms with Gasteiger partial charge in [0, 0.05) is 26.2 Å². The molecule has 6 amide bonds. The lowest BCUT2D eigenvalue weighted by atomic mass is 10.0. The van der Waals surface area contributed by atoms with Crippen molar-refractivity contribution in [2.75, 3.05) is 39.4 Å². The van der Waals surface area contributed by atoms with E-state index in [9.17, 15) is 27.6 Å². The highest BCUT2D eigenvalue weighted by Crippen LogP contribution is 2.33. The lowest BCUT2D eigenvalue weighted by molar-refractivity contribution is -0.139. The Balaban J connectivity index is 1.35. The van der Waals surface area contributed by atoms with Crippen molar-refractivity contribution in [3.63, 3.8) is 0 Å². The van der Waals surface area contributed by atoms with Gasteiger partial charge < -0.3 is 21.3 Å².